The third-order valence-electron chi connectivity index (χ3n) is 3.24. The number of methoxy groups -OCH3 is 1. The zero-order valence-corrected chi connectivity index (χ0v) is 13.1. The van der Waals surface area contributed by atoms with Gasteiger partial charge < -0.3 is 14.8 Å². The minimum atomic E-state index is 0.666. The molecule has 0 atom stereocenters. The van der Waals surface area contributed by atoms with Crippen LogP contribution in [0.2, 0.25) is 0 Å². The van der Waals surface area contributed by atoms with Gasteiger partial charge >= 0.3 is 0 Å². The van der Waals surface area contributed by atoms with Crippen molar-refractivity contribution in [2.24, 2.45) is 0 Å². The third kappa shape index (κ3) is 3.84. The van der Waals surface area contributed by atoms with E-state index in [2.05, 4.69) is 32.2 Å². The highest BCUT2D eigenvalue weighted by Gasteiger charge is 2.15. The van der Waals surface area contributed by atoms with E-state index in [1.165, 1.54) is 5.56 Å². The maximum absolute atomic E-state index is 5.73. The predicted octanol–water partition coefficient (Wildman–Crippen LogP) is 2.26. The summed E-state index contributed by atoms with van der Waals surface area (Å²) in [4.78, 5) is 2.44. The molecule has 0 bridgehead atoms. The SMILES string of the molecule is CCOc1cc(OC)c(Br)cc1CN1CCNCC1. The number of ether oxygens (including phenoxy) is 2. The van der Waals surface area contributed by atoms with Crippen LogP contribution in [0.15, 0.2) is 16.6 Å². The molecule has 0 aromatic heterocycles. The molecule has 1 aromatic rings. The molecule has 4 nitrogen and oxygen atoms in total. The number of nitrogens with one attached hydrogen (secondary N) is 1. The van der Waals surface area contributed by atoms with E-state index in [9.17, 15) is 0 Å². The molecule has 2 rings (SSSR count). The molecule has 1 N–H and O–H groups in total. The summed E-state index contributed by atoms with van der Waals surface area (Å²) >= 11 is 3.55. The van der Waals surface area contributed by atoms with E-state index in [4.69, 9.17) is 9.47 Å². The Hall–Kier alpha value is -0.780. The van der Waals surface area contributed by atoms with Crippen LogP contribution in [-0.4, -0.2) is 44.8 Å². The lowest BCUT2D eigenvalue weighted by Crippen LogP contribution is -2.42. The van der Waals surface area contributed by atoms with Gasteiger partial charge in [-0.1, -0.05) is 0 Å². The Morgan fingerprint density at radius 1 is 1.26 bits per heavy atom. The highest BCUT2D eigenvalue weighted by atomic mass is 79.9. The Bertz CT molecular complexity index is 420. The van der Waals surface area contributed by atoms with Gasteiger partial charge in [-0.25, -0.2) is 0 Å². The molecular weight excluding hydrogens is 308 g/mol. The highest BCUT2D eigenvalue weighted by Crippen LogP contribution is 2.33. The van der Waals surface area contributed by atoms with Crippen molar-refractivity contribution in [3.8, 4) is 11.5 Å². The number of piperazine rings is 1. The zero-order chi connectivity index (χ0) is 13.7. The van der Waals surface area contributed by atoms with Crippen molar-refractivity contribution < 1.29 is 9.47 Å². The van der Waals surface area contributed by atoms with Crippen molar-refractivity contribution in [2.45, 2.75) is 13.5 Å². The van der Waals surface area contributed by atoms with Gasteiger partial charge in [0.2, 0.25) is 0 Å². The lowest BCUT2D eigenvalue weighted by atomic mass is 10.1. The Kier molecular flexibility index (Phi) is 5.48. The van der Waals surface area contributed by atoms with Crippen LogP contribution >= 0.6 is 15.9 Å². The summed E-state index contributed by atoms with van der Waals surface area (Å²) in [5, 5.41) is 3.37. The van der Waals surface area contributed by atoms with Crippen LogP contribution in [0.1, 0.15) is 12.5 Å². The Morgan fingerprint density at radius 3 is 2.63 bits per heavy atom. The van der Waals surface area contributed by atoms with Gasteiger partial charge in [0, 0.05) is 44.4 Å². The van der Waals surface area contributed by atoms with Gasteiger partial charge in [-0.3, -0.25) is 4.90 Å². The molecule has 1 aliphatic rings. The number of halogens is 1. The fraction of sp³-hybridized carbons (Fsp3) is 0.571. The molecule has 0 saturated carbocycles. The Morgan fingerprint density at radius 2 is 2.00 bits per heavy atom. The lowest BCUT2D eigenvalue weighted by molar-refractivity contribution is 0.228. The van der Waals surface area contributed by atoms with Crippen LogP contribution in [0.3, 0.4) is 0 Å². The zero-order valence-electron chi connectivity index (χ0n) is 11.5. The molecule has 0 amide bonds. The van der Waals surface area contributed by atoms with Gasteiger partial charge in [0.25, 0.3) is 0 Å². The second kappa shape index (κ2) is 7.12. The van der Waals surface area contributed by atoms with Crippen LogP contribution in [0, 0.1) is 0 Å². The molecule has 106 valence electrons. The topological polar surface area (TPSA) is 33.7 Å². The van der Waals surface area contributed by atoms with Gasteiger partial charge in [0.1, 0.15) is 11.5 Å². The first-order valence-corrected chi connectivity index (χ1v) is 7.46. The average Bonchev–Trinajstić information content (AvgIpc) is 2.43. The molecule has 0 aliphatic carbocycles. The maximum atomic E-state index is 5.73. The normalized spacial score (nSPS) is 16.4. The van der Waals surface area contributed by atoms with Gasteiger partial charge in [-0.2, -0.15) is 0 Å². The smallest absolute Gasteiger partial charge is 0.136 e. The van der Waals surface area contributed by atoms with Crippen LogP contribution in [-0.2, 0) is 6.54 Å². The maximum Gasteiger partial charge on any atom is 0.136 e. The highest BCUT2D eigenvalue weighted by molar-refractivity contribution is 9.10. The van der Waals surface area contributed by atoms with Crippen molar-refractivity contribution in [1.29, 1.82) is 0 Å². The molecule has 1 fully saturated rings. The van der Waals surface area contributed by atoms with E-state index in [1.807, 2.05) is 13.0 Å². The molecule has 0 unspecified atom stereocenters. The summed E-state index contributed by atoms with van der Waals surface area (Å²) in [6.07, 6.45) is 0. The van der Waals surface area contributed by atoms with Crippen molar-refractivity contribution in [3.05, 3.63) is 22.2 Å². The van der Waals surface area contributed by atoms with E-state index in [-0.39, 0.29) is 0 Å². The minimum Gasteiger partial charge on any atom is -0.495 e. The number of hydrogen-bond acceptors (Lipinski definition) is 4. The van der Waals surface area contributed by atoms with E-state index in [0.717, 1.165) is 48.7 Å². The quantitative estimate of drug-likeness (QED) is 0.899. The monoisotopic (exact) mass is 328 g/mol. The standard InChI is InChI=1S/C14H21BrN2O2/c1-3-19-13-9-14(18-2)12(15)8-11(13)10-17-6-4-16-5-7-17/h8-9,16H,3-7,10H2,1-2H3. The average molecular weight is 329 g/mol. The molecular formula is C14H21BrN2O2. The van der Waals surface area contributed by atoms with Crippen molar-refractivity contribution >= 4 is 15.9 Å². The van der Waals surface area contributed by atoms with E-state index < -0.39 is 0 Å². The third-order valence-corrected chi connectivity index (χ3v) is 3.86. The largest absolute Gasteiger partial charge is 0.495 e. The summed E-state index contributed by atoms with van der Waals surface area (Å²) in [5.41, 5.74) is 1.21. The van der Waals surface area contributed by atoms with Crippen LogP contribution in [0.4, 0.5) is 0 Å². The number of hydrogen-bond donors (Lipinski definition) is 1. The fourth-order valence-electron chi connectivity index (χ4n) is 2.26. The molecule has 1 aliphatic heterocycles. The molecule has 19 heavy (non-hydrogen) atoms. The van der Waals surface area contributed by atoms with Crippen molar-refractivity contribution in [2.75, 3.05) is 39.9 Å². The summed E-state index contributed by atoms with van der Waals surface area (Å²) in [7, 11) is 1.67. The molecule has 5 heteroatoms. The van der Waals surface area contributed by atoms with E-state index >= 15 is 0 Å². The lowest BCUT2D eigenvalue weighted by Gasteiger charge is -2.28. The summed E-state index contributed by atoms with van der Waals surface area (Å²) in [5.74, 6) is 1.73. The fourth-order valence-corrected chi connectivity index (χ4v) is 2.81. The Balaban J connectivity index is 2.18. The van der Waals surface area contributed by atoms with Crippen LogP contribution < -0.4 is 14.8 Å². The summed E-state index contributed by atoms with van der Waals surface area (Å²) in [6.45, 7) is 7.86. The van der Waals surface area contributed by atoms with Crippen LogP contribution in [0.5, 0.6) is 11.5 Å². The van der Waals surface area contributed by atoms with Gasteiger partial charge in [0.05, 0.1) is 18.2 Å². The molecule has 1 aromatic carbocycles. The minimum absolute atomic E-state index is 0.666. The van der Waals surface area contributed by atoms with E-state index in [0.29, 0.717) is 6.61 Å². The second-order valence-corrected chi connectivity index (χ2v) is 5.41. The second-order valence-electron chi connectivity index (χ2n) is 4.55. The Labute approximate surface area is 123 Å². The first kappa shape index (κ1) is 14.6. The van der Waals surface area contributed by atoms with E-state index in [1.54, 1.807) is 7.11 Å². The first-order valence-electron chi connectivity index (χ1n) is 6.67. The molecule has 1 heterocycles. The number of benzene rings is 1. The summed E-state index contributed by atoms with van der Waals surface area (Å²) < 4.78 is 12.0. The van der Waals surface area contributed by atoms with Crippen LogP contribution in [0.25, 0.3) is 0 Å². The first-order chi connectivity index (χ1) is 9.24. The van der Waals surface area contributed by atoms with Gasteiger partial charge in [-0.05, 0) is 28.9 Å². The number of rotatable bonds is 5. The van der Waals surface area contributed by atoms with Crippen molar-refractivity contribution in [3.63, 3.8) is 0 Å². The van der Waals surface area contributed by atoms with Gasteiger partial charge in [-0.15, -0.1) is 0 Å². The van der Waals surface area contributed by atoms with Gasteiger partial charge in [0.15, 0.2) is 0 Å². The van der Waals surface area contributed by atoms with Crippen molar-refractivity contribution in [1.82, 2.24) is 10.2 Å². The number of nitrogens with zero attached hydrogens (tertiary/aromatic N) is 1. The summed E-state index contributed by atoms with van der Waals surface area (Å²) in [6, 6.07) is 4.07. The predicted molar refractivity (Wildman–Crippen MR) is 80.0 cm³/mol. The molecule has 0 spiro atoms. The molecule has 1 saturated heterocycles. The molecule has 0 radical (unpaired) electrons.